The van der Waals surface area contributed by atoms with Gasteiger partial charge in [0.15, 0.2) is 5.13 Å². The molecule has 1 aromatic heterocycles. The summed E-state index contributed by atoms with van der Waals surface area (Å²) in [6.45, 7) is 5.63. The van der Waals surface area contributed by atoms with E-state index in [1.807, 2.05) is 7.05 Å². The SMILES string of the molecule is CNCc1sc(N(C)CCOCC2CC2)nc1C. The lowest BCUT2D eigenvalue weighted by Gasteiger charge is -2.15. The Morgan fingerprint density at radius 2 is 2.28 bits per heavy atom. The van der Waals surface area contributed by atoms with Crippen molar-refractivity contribution in [2.45, 2.75) is 26.3 Å². The van der Waals surface area contributed by atoms with Crippen LogP contribution in [-0.4, -0.2) is 38.8 Å². The van der Waals surface area contributed by atoms with E-state index in [0.29, 0.717) is 0 Å². The Morgan fingerprint density at radius 1 is 1.50 bits per heavy atom. The van der Waals surface area contributed by atoms with Crippen LogP contribution in [0.4, 0.5) is 5.13 Å². The molecule has 102 valence electrons. The van der Waals surface area contributed by atoms with Crippen LogP contribution >= 0.6 is 11.3 Å². The van der Waals surface area contributed by atoms with E-state index in [1.165, 1.54) is 17.7 Å². The van der Waals surface area contributed by atoms with Crippen LogP contribution in [0.1, 0.15) is 23.4 Å². The summed E-state index contributed by atoms with van der Waals surface area (Å²) < 4.78 is 5.66. The Kier molecular flexibility index (Phi) is 4.97. The van der Waals surface area contributed by atoms with Gasteiger partial charge in [0.05, 0.1) is 12.3 Å². The van der Waals surface area contributed by atoms with Crippen LogP contribution in [0.3, 0.4) is 0 Å². The Bertz CT molecular complexity index is 376. The minimum Gasteiger partial charge on any atom is -0.379 e. The molecule has 0 unspecified atom stereocenters. The molecule has 0 spiro atoms. The second-order valence-corrected chi connectivity index (χ2v) is 6.04. The van der Waals surface area contributed by atoms with Crippen LogP contribution in [0.15, 0.2) is 0 Å². The fourth-order valence-corrected chi connectivity index (χ4v) is 2.79. The van der Waals surface area contributed by atoms with E-state index >= 15 is 0 Å². The van der Waals surface area contributed by atoms with Gasteiger partial charge in [0.2, 0.25) is 0 Å². The molecule has 0 aromatic carbocycles. The highest BCUT2D eigenvalue weighted by atomic mass is 32.1. The van der Waals surface area contributed by atoms with Crippen molar-refractivity contribution in [3.8, 4) is 0 Å². The van der Waals surface area contributed by atoms with Gasteiger partial charge in [0.25, 0.3) is 0 Å². The van der Waals surface area contributed by atoms with Crippen molar-refractivity contribution < 1.29 is 4.74 Å². The highest BCUT2D eigenvalue weighted by molar-refractivity contribution is 7.15. The van der Waals surface area contributed by atoms with E-state index < -0.39 is 0 Å². The van der Waals surface area contributed by atoms with Gasteiger partial charge in [-0.3, -0.25) is 0 Å². The van der Waals surface area contributed by atoms with Crippen molar-refractivity contribution >= 4 is 16.5 Å². The van der Waals surface area contributed by atoms with Crippen molar-refractivity contribution in [1.29, 1.82) is 0 Å². The Labute approximate surface area is 113 Å². The number of thiazole rings is 1. The summed E-state index contributed by atoms with van der Waals surface area (Å²) in [5.74, 6) is 0.847. The summed E-state index contributed by atoms with van der Waals surface area (Å²) in [5.41, 5.74) is 1.13. The fourth-order valence-electron chi connectivity index (χ4n) is 1.73. The molecule has 1 aliphatic rings. The van der Waals surface area contributed by atoms with Crippen molar-refractivity contribution in [2.75, 3.05) is 38.8 Å². The summed E-state index contributed by atoms with van der Waals surface area (Å²) in [6.07, 6.45) is 2.71. The normalized spacial score (nSPS) is 15.1. The predicted octanol–water partition coefficient (Wildman–Crippen LogP) is 2.03. The average Bonchev–Trinajstić information content (AvgIpc) is 3.10. The number of nitrogens with zero attached hydrogens (tertiary/aromatic N) is 2. The molecule has 0 saturated heterocycles. The quantitative estimate of drug-likeness (QED) is 0.733. The van der Waals surface area contributed by atoms with E-state index in [4.69, 9.17) is 4.74 Å². The minimum atomic E-state index is 0.799. The third-order valence-electron chi connectivity index (χ3n) is 3.17. The van der Waals surface area contributed by atoms with Gasteiger partial charge >= 0.3 is 0 Å². The van der Waals surface area contributed by atoms with Crippen LogP contribution in [-0.2, 0) is 11.3 Å². The highest BCUT2D eigenvalue weighted by Gasteiger charge is 2.21. The predicted molar refractivity (Wildman–Crippen MR) is 76.4 cm³/mol. The number of hydrogen-bond acceptors (Lipinski definition) is 5. The van der Waals surface area contributed by atoms with Crippen LogP contribution in [0.5, 0.6) is 0 Å². The van der Waals surface area contributed by atoms with Gasteiger partial charge in [0.1, 0.15) is 0 Å². The zero-order valence-corrected chi connectivity index (χ0v) is 12.3. The molecule has 0 bridgehead atoms. The fraction of sp³-hybridized carbons (Fsp3) is 0.769. The lowest BCUT2D eigenvalue weighted by atomic mass is 10.4. The number of aromatic nitrogens is 1. The second kappa shape index (κ2) is 6.50. The number of ether oxygens (including phenoxy) is 1. The summed E-state index contributed by atoms with van der Waals surface area (Å²) in [7, 11) is 4.05. The molecule has 0 amide bonds. The minimum absolute atomic E-state index is 0.799. The van der Waals surface area contributed by atoms with Gasteiger partial charge in [-0.2, -0.15) is 0 Å². The monoisotopic (exact) mass is 269 g/mol. The van der Waals surface area contributed by atoms with Crippen molar-refractivity contribution in [3.63, 3.8) is 0 Å². The number of aryl methyl sites for hydroxylation is 1. The van der Waals surface area contributed by atoms with Crippen molar-refractivity contribution in [1.82, 2.24) is 10.3 Å². The largest absolute Gasteiger partial charge is 0.379 e. The lowest BCUT2D eigenvalue weighted by molar-refractivity contribution is 0.131. The molecule has 1 N–H and O–H groups in total. The molecular formula is C13H23N3OS. The van der Waals surface area contributed by atoms with Crippen LogP contribution in [0.2, 0.25) is 0 Å². The first kappa shape index (κ1) is 13.8. The van der Waals surface area contributed by atoms with Crippen molar-refractivity contribution in [2.24, 2.45) is 5.92 Å². The zero-order valence-electron chi connectivity index (χ0n) is 11.5. The molecule has 1 fully saturated rings. The standard InChI is InChI=1S/C13H23N3OS/c1-10-12(8-14-2)18-13(15-10)16(3)6-7-17-9-11-4-5-11/h11,14H,4-9H2,1-3H3. The van der Waals surface area contributed by atoms with Gasteiger partial charge in [0, 0.05) is 31.6 Å². The lowest BCUT2D eigenvalue weighted by Crippen LogP contribution is -2.22. The number of hydrogen-bond donors (Lipinski definition) is 1. The number of anilines is 1. The Morgan fingerprint density at radius 3 is 2.94 bits per heavy atom. The van der Waals surface area contributed by atoms with Crippen LogP contribution < -0.4 is 10.2 Å². The molecule has 18 heavy (non-hydrogen) atoms. The van der Waals surface area contributed by atoms with Gasteiger partial charge in [-0.25, -0.2) is 4.98 Å². The molecule has 1 aliphatic carbocycles. The van der Waals surface area contributed by atoms with Crippen LogP contribution in [0.25, 0.3) is 0 Å². The third kappa shape index (κ3) is 3.93. The van der Waals surface area contributed by atoms with Gasteiger partial charge in [-0.15, -0.1) is 11.3 Å². The molecule has 0 atom stereocenters. The zero-order chi connectivity index (χ0) is 13.0. The van der Waals surface area contributed by atoms with Crippen LogP contribution in [0, 0.1) is 12.8 Å². The maximum Gasteiger partial charge on any atom is 0.185 e. The Balaban J connectivity index is 1.75. The molecule has 1 heterocycles. The topological polar surface area (TPSA) is 37.4 Å². The summed E-state index contributed by atoms with van der Waals surface area (Å²) in [5, 5.41) is 4.27. The van der Waals surface area contributed by atoms with E-state index in [9.17, 15) is 0 Å². The summed E-state index contributed by atoms with van der Waals surface area (Å²) >= 11 is 1.77. The van der Waals surface area contributed by atoms with E-state index in [2.05, 4.69) is 29.2 Å². The van der Waals surface area contributed by atoms with Crippen molar-refractivity contribution in [3.05, 3.63) is 10.6 Å². The number of nitrogens with one attached hydrogen (secondary N) is 1. The molecule has 2 rings (SSSR count). The maximum atomic E-state index is 5.66. The average molecular weight is 269 g/mol. The Hall–Kier alpha value is -0.650. The first-order chi connectivity index (χ1) is 8.70. The first-order valence-electron chi connectivity index (χ1n) is 6.60. The smallest absolute Gasteiger partial charge is 0.185 e. The van der Waals surface area contributed by atoms with Gasteiger partial charge < -0.3 is 15.0 Å². The van der Waals surface area contributed by atoms with Gasteiger partial charge in [-0.05, 0) is 32.7 Å². The molecule has 1 aromatic rings. The summed E-state index contributed by atoms with van der Waals surface area (Å²) in [4.78, 5) is 8.11. The molecular weight excluding hydrogens is 246 g/mol. The number of likely N-dealkylation sites (N-methyl/N-ethyl adjacent to an activating group) is 1. The second-order valence-electron chi connectivity index (χ2n) is 4.98. The van der Waals surface area contributed by atoms with E-state index in [-0.39, 0.29) is 0 Å². The van der Waals surface area contributed by atoms with E-state index in [1.54, 1.807) is 11.3 Å². The molecule has 1 saturated carbocycles. The highest BCUT2D eigenvalue weighted by Crippen LogP contribution is 2.29. The molecule has 5 heteroatoms. The molecule has 4 nitrogen and oxygen atoms in total. The third-order valence-corrected chi connectivity index (χ3v) is 4.44. The first-order valence-corrected chi connectivity index (χ1v) is 7.42. The van der Waals surface area contributed by atoms with Gasteiger partial charge in [-0.1, -0.05) is 0 Å². The van der Waals surface area contributed by atoms with E-state index in [0.717, 1.165) is 43.0 Å². The number of rotatable bonds is 8. The summed E-state index contributed by atoms with van der Waals surface area (Å²) in [6, 6.07) is 0. The maximum absolute atomic E-state index is 5.66. The molecule has 0 aliphatic heterocycles. The molecule has 0 radical (unpaired) electrons.